The van der Waals surface area contributed by atoms with Crippen LogP contribution in [0.15, 0.2) is 84.0 Å². The van der Waals surface area contributed by atoms with Gasteiger partial charge in [-0.1, -0.05) is 36.4 Å². The molecule has 5 rings (SSSR count). The summed E-state index contributed by atoms with van der Waals surface area (Å²) in [6.45, 7) is 0. The number of hydrogen-bond acceptors (Lipinski definition) is 6. The van der Waals surface area contributed by atoms with Crippen molar-refractivity contribution in [1.82, 2.24) is 9.38 Å². The summed E-state index contributed by atoms with van der Waals surface area (Å²) in [5.74, 6) is 0.733. The standard InChI is InChI=1S/C23H17N5O3/c29-21-18(14-15-6-2-1-3-7-15)24-22(16-9-11-17(12-10-16)28(30)31)26-23-20(21)27-13-5-4-8-19(27)25-23/h1-13,18H,14H2,(H,24,26)/t18-/m0/s1. The average Bonchev–Trinajstić information content (AvgIpc) is 3.10. The highest BCUT2D eigenvalue weighted by atomic mass is 16.6. The Bertz CT molecular complexity index is 1330. The number of hydrogen-bond donors (Lipinski definition) is 1. The normalized spacial score (nSPS) is 15.7. The number of carbonyl (C=O) groups is 1. The van der Waals surface area contributed by atoms with Crippen molar-refractivity contribution in [2.75, 3.05) is 5.32 Å². The van der Waals surface area contributed by atoms with Crippen LogP contribution in [0.3, 0.4) is 0 Å². The van der Waals surface area contributed by atoms with E-state index in [0.29, 0.717) is 35.0 Å². The third kappa shape index (κ3) is 3.44. The number of aliphatic imine (C=N–C) groups is 1. The smallest absolute Gasteiger partial charge is 0.269 e. The van der Waals surface area contributed by atoms with Crippen molar-refractivity contribution in [1.29, 1.82) is 0 Å². The molecule has 152 valence electrons. The lowest BCUT2D eigenvalue weighted by Gasteiger charge is -2.12. The van der Waals surface area contributed by atoms with Gasteiger partial charge in [-0.15, -0.1) is 0 Å². The third-order valence-corrected chi connectivity index (χ3v) is 5.21. The van der Waals surface area contributed by atoms with Crippen molar-refractivity contribution in [3.05, 3.63) is 106 Å². The Balaban J connectivity index is 1.63. The first-order valence-electron chi connectivity index (χ1n) is 9.75. The molecule has 0 spiro atoms. The summed E-state index contributed by atoms with van der Waals surface area (Å²) < 4.78 is 1.76. The molecule has 1 aliphatic heterocycles. The molecule has 0 bridgehead atoms. The number of pyridine rings is 1. The van der Waals surface area contributed by atoms with Crippen LogP contribution in [0.1, 0.15) is 21.6 Å². The van der Waals surface area contributed by atoms with Gasteiger partial charge in [0.25, 0.3) is 5.69 Å². The van der Waals surface area contributed by atoms with Crippen LogP contribution < -0.4 is 5.32 Å². The Morgan fingerprint density at radius 1 is 1.00 bits per heavy atom. The zero-order chi connectivity index (χ0) is 21.4. The molecule has 0 saturated carbocycles. The third-order valence-electron chi connectivity index (χ3n) is 5.21. The predicted octanol–water partition coefficient (Wildman–Crippen LogP) is 3.91. The van der Waals surface area contributed by atoms with E-state index >= 15 is 0 Å². The maximum atomic E-state index is 13.5. The van der Waals surface area contributed by atoms with E-state index in [9.17, 15) is 14.9 Å². The summed E-state index contributed by atoms with van der Waals surface area (Å²) in [6.07, 6.45) is 2.23. The van der Waals surface area contributed by atoms with Gasteiger partial charge in [-0.2, -0.15) is 0 Å². The Hall–Kier alpha value is -4.33. The first-order chi connectivity index (χ1) is 15.1. The van der Waals surface area contributed by atoms with E-state index in [0.717, 1.165) is 5.56 Å². The number of ketones is 1. The first-order valence-corrected chi connectivity index (χ1v) is 9.75. The first kappa shape index (κ1) is 18.7. The minimum Gasteiger partial charge on any atom is -0.323 e. The van der Waals surface area contributed by atoms with Crippen LogP contribution in [-0.4, -0.2) is 32.0 Å². The zero-order valence-corrected chi connectivity index (χ0v) is 16.3. The van der Waals surface area contributed by atoms with Gasteiger partial charge in [0.2, 0.25) is 5.78 Å². The number of imidazole rings is 1. The number of benzene rings is 2. The number of Topliss-reactive ketones (excluding diaryl/α,β-unsaturated/α-hetero) is 1. The lowest BCUT2D eigenvalue weighted by molar-refractivity contribution is -0.384. The molecule has 2 aromatic carbocycles. The number of nitrogens with zero attached hydrogens (tertiary/aromatic N) is 4. The van der Waals surface area contributed by atoms with Gasteiger partial charge < -0.3 is 5.32 Å². The lowest BCUT2D eigenvalue weighted by atomic mass is 10.0. The second-order valence-electron chi connectivity index (χ2n) is 7.21. The molecule has 8 heteroatoms. The molecule has 1 atom stereocenters. The van der Waals surface area contributed by atoms with Gasteiger partial charge in [-0.25, -0.2) is 4.98 Å². The molecule has 0 unspecified atom stereocenters. The molecule has 0 fully saturated rings. The van der Waals surface area contributed by atoms with Gasteiger partial charge in [-0.05, 0) is 29.8 Å². The number of carbonyl (C=O) groups excluding carboxylic acids is 1. The van der Waals surface area contributed by atoms with Crippen LogP contribution in [-0.2, 0) is 6.42 Å². The predicted molar refractivity (Wildman–Crippen MR) is 117 cm³/mol. The molecule has 3 heterocycles. The van der Waals surface area contributed by atoms with E-state index in [-0.39, 0.29) is 11.5 Å². The quantitative estimate of drug-likeness (QED) is 0.405. The van der Waals surface area contributed by atoms with Crippen LogP contribution in [0.5, 0.6) is 0 Å². The van der Waals surface area contributed by atoms with Gasteiger partial charge >= 0.3 is 0 Å². The van der Waals surface area contributed by atoms with Crippen LogP contribution in [0.2, 0.25) is 0 Å². The number of nitro benzene ring substituents is 1. The highest BCUT2D eigenvalue weighted by Gasteiger charge is 2.31. The van der Waals surface area contributed by atoms with Crippen molar-refractivity contribution in [3.63, 3.8) is 0 Å². The number of nitro groups is 1. The van der Waals surface area contributed by atoms with Gasteiger partial charge in [0.05, 0.1) is 4.92 Å². The number of non-ortho nitro benzene ring substituents is 1. The maximum Gasteiger partial charge on any atom is 0.269 e. The SMILES string of the molecule is O=C1c2c(nc3ccccn23)NC(c2ccc([N+](=O)[O-])cc2)=N[C@H]1Cc1ccccc1. The highest BCUT2D eigenvalue weighted by molar-refractivity contribution is 6.16. The molecule has 4 aromatic rings. The van der Waals surface area contributed by atoms with Gasteiger partial charge in [-0.3, -0.25) is 24.3 Å². The molecule has 1 N–H and O–H groups in total. The fourth-order valence-electron chi connectivity index (χ4n) is 3.70. The fraction of sp³-hybridized carbons (Fsp3) is 0.0870. The Kier molecular flexibility index (Phi) is 4.51. The minimum atomic E-state index is -0.665. The molecule has 0 aliphatic carbocycles. The molecule has 2 aromatic heterocycles. The molecule has 0 saturated heterocycles. The molecular weight excluding hydrogens is 394 g/mol. The summed E-state index contributed by atoms with van der Waals surface area (Å²) in [5, 5.41) is 14.2. The molecule has 1 aliphatic rings. The van der Waals surface area contributed by atoms with Crippen molar-refractivity contribution in [3.8, 4) is 0 Å². The number of aromatic nitrogens is 2. The minimum absolute atomic E-state index is 0.0108. The monoisotopic (exact) mass is 411 g/mol. The highest BCUT2D eigenvalue weighted by Crippen LogP contribution is 2.26. The largest absolute Gasteiger partial charge is 0.323 e. The van der Waals surface area contributed by atoms with E-state index in [1.54, 1.807) is 22.7 Å². The van der Waals surface area contributed by atoms with Crippen molar-refractivity contribution in [2.24, 2.45) is 4.99 Å². The summed E-state index contributed by atoms with van der Waals surface area (Å²) in [5.41, 5.74) is 2.71. The summed E-state index contributed by atoms with van der Waals surface area (Å²) >= 11 is 0. The second kappa shape index (κ2) is 7.49. The molecule has 31 heavy (non-hydrogen) atoms. The molecular formula is C23H17N5O3. The van der Waals surface area contributed by atoms with Gasteiger partial charge in [0, 0.05) is 30.3 Å². The van der Waals surface area contributed by atoms with E-state index < -0.39 is 11.0 Å². The van der Waals surface area contributed by atoms with E-state index in [1.165, 1.54) is 12.1 Å². The van der Waals surface area contributed by atoms with Crippen LogP contribution in [0, 0.1) is 10.1 Å². The fourth-order valence-corrected chi connectivity index (χ4v) is 3.70. The number of fused-ring (bicyclic) bond motifs is 3. The summed E-state index contributed by atoms with van der Waals surface area (Å²) in [6, 6.07) is 20.6. The summed E-state index contributed by atoms with van der Waals surface area (Å²) in [7, 11) is 0. The van der Waals surface area contributed by atoms with Crippen LogP contribution >= 0.6 is 0 Å². The lowest BCUT2D eigenvalue weighted by Crippen LogP contribution is -2.23. The molecule has 0 radical (unpaired) electrons. The Labute approximate surface area is 177 Å². The van der Waals surface area contributed by atoms with E-state index in [1.807, 2.05) is 48.5 Å². The number of rotatable bonds is 4. The average molecular weight is 411 g/mol. The van der Waals surface area contributed by atoms with Gasteiger partial charge in [0.15, 0.2) is 5.82 Å². The van der Waals surface area contributed by atoms with Crippen molar-refractivity contribution in [2.45, 2.75) is 12.5 Å². The molecule has 0 amide bonds. The number of nitrogens with one attached hydrogen (secondary N) is 1. The van der Waals surface area contributed by atoms with E-state index in [2.05, 4.69) is 10.3 Å². The zero-order valence-electron chi connectivity index (χ0n) is 16.3. The number of anilines is 1. The topological polar surface area (TPSA) is 102 Å². The molecule has 8 nitrogen and oxygen atoms in total. The van der Waals surface area contributed by atoms with Crippen molar-refractivity contribution < 1.29 is 9.72 Å². The van der Waals surface area contributed by atoms with Crippen LogP contribution in [0.4, 0.5) is 11.5 Å². The van der Waals surface area contributed by atoms with Crippen LogP contribution in [0.25, 0.3) is 5.65 Å². The Morgan fingerprint density at radius 3 is 2.48 bits per heavy atom. The van der Waals surface area contributed by atoms with Crippen molar-refractivity contribution >= 4 is 28.8 Å². The maximum absolute atomic E-state index is 13.5. The summed E-state index contributed by atoms with van der Waals surface area (Å²) in [4.78, 5) is 33.4. The second-order valence-corrected chi connectivity index (χ2v) is 7.21. The van der Waals surface area contributed by atoms with E-state index in [4.69, 9.17) is 4.99 Å². The van der Waals surface area contributed by atoms with Gasteiger partial charge in [0.1, 0.15) is 23.2 Å². The number of amidine groups is 1. The Morgan fingerprint density at radius 2 is 1.74 bits per heavy atom.